The number of carbonyl (C=O) groups is 1. The van der Waals surface area contributed by atoms with Crippen molar-refractivity contribution in [3.05, 3.63) is 18.5 Å². The molecule has 0 radical (unpaired) electrons. The molecule has 0 aliphatic carbocycles. The van der Waals surface area contributed by atoms with Crippen molar-refractivity contribution in [1.82, 2.24) is 19.6 Å². The molecule has 1 N–H and O–H groups in total. The molecular formula is C13H22N4O3. The van der Waals surface area contributed by atoms with Gasteiger partial charge in [0.1, 0.15) is 0 Å². The van der Waals surface area contributed by atoms with E-state index in [-0.39, 0.29) is 5.91 Å². The summed E-state index contributed by atoms with van der Waals surface area (Å²) in [6.45, 7) is 3.72. The molecule has 2 heterocycles. The first-order valence-electron chi connectivity index (χ1n) is 6.84. The molecule has 1 aromatic rings. The predicted molar refractivity (Wildman–Crippen MR) is 73.1 cm³/mol. The van der Waals surface area contributed by atoms with Crippen LogP contribution in [-0.2, 0) is 16.1 Å². The van der Waals surface area contributed by atoms with Crippen LogP contribution in [0.2, 0.25) is 0 Å². The molecule has 1 fully saturated rings. The molecule has 0 spiro atoms. The average molecular weight is 282 g/mol. The maximum absolute atomic E-state index is 12.0. The van der Waals surface area contributed by atoms with Gasteiger partial charge < -0.3 is 14.7 Å². The maximum Gasteiger partial charge on any atom is 0.236 e. The van der Waals surface area contributed by atoms with E-state index in [1.807, 2.05) is 24.2 Å². The van der Waals surface area contributed by atoms with Crippen LogP contribution in [0.1, 0.15) is 0 Å². The number of likely N-dealkylation sites (N-methyl/N-ethyl adjacent to an activating group) is 1. The number of rotatable bonds is 6. The Kier molecular flexibility index (Phi) is 5.51. The molecule has 0 bridgehead atoms. The second kappa shape index (κ2) is 7.37. The topological polar surface area (TPSA) is 70.8 Å². The largest absolute Gasteiger partial charge is 0.390 e. The summed E-state index contributed by atoms with van der Waals surface area (Å²) >= 11 is 0. The first kappa shape index (κ1) is 15.0. The highest BCUT2D eigenvalue weighted by Gasteiger charge is 2.19. The number of nitrogens with zero attached hydrogens (tertiary/aromatic N) is 4. The van der Waals surface area contributed by atoms with Crippen LogP contribution in [0.25, 0.3) is 0 Å². The summed E-state index contributed by atoms with van der Waals surface area (Å²) in [6.07, 6.45) is 2.94. The van der Waals surface area contributed by atoms with E-state index in [2.05, 4.69) is 5.10 Å². The second-order valence-corrected chi connectivity index (χ2v) is 5.07. The van der Waals surface area contributed by atoms with E-state index in [0.717, 1.165) is 0 Å². The SMILES string of the molecule is CN(CC(=O)N1CCOCC1)CC(O)Cn1cccn1. The van der Waals surface area contributed by atoms with Crippen molar-refractivity contribution in [2.24, 2.45) is 0 Å². The van der Waals surface area contributed by atoms with Crippen molar-refractivity contribution in [2.45, 2.75) is 12.6 Å². The molecule has 1 aliphatic rings. The van der Waals surface area contributed by atoms with Crippen LogP contribution in [-0.4, -0.2) is 83.1 Å². The van der Waals surface area contributed by atoms with Gasteiger partial charge in [0.25, 0.3) is 0 Å². The molecule has 0 saturated carbocycles. The quantitative estimate of drug-likeness (QED) is 0.727. The zero-order valence-electron chi connectivity index (χ0n) is 11.8. The lowest BCUT2D eigenvalue weighted by atomic mass is 10.3. The van der Waals surface area contributed by atoms with Gasteiger partial charge in [-0.2, -0.15) is 5.10 Å². The molecule has 1 atom stereocenters. The van der Waals surface area contributed by atoms with Gasteiger partial charge in [-0.25, -0.2) is 0 Å². The lowest BCUT2D eigenvalue weighted by Gasteiger charge is -2.29. The minimum absolute atomic E-state index is 0.0853. The number of amides is 1. The Morgan fingerprint density at radius 3 is 2.90 bits per heavy atom. The monoisotopic (exact) mass is 282 g/mol. The molecule has 1 unspecified atom stereocenters. The lowest BCUT2D eigenvalue weighted by Crippen LogP contribution is -2.46. The van der Waals surface area contributed by atoms with E-state index in [9.17, 15) is 9.90 Å². The number of hydrogen-bond acceptors (Lipinski definition) is 5. The Bertz CT molecular complexity index is 404. The van der Waals surface area contributed by atoms with Crippen LogP contribution >= 0.6 is 0 Å². The number of morpholine rings is 1. The van der Waals surface area contributed by atoms with E-state index in [1.54, 1.807) is 15.8 Å². The van der Waals surface area contributed by atoms with Gasteiger partial charge in [0.15, 0.2) is 0 Å². The molecular weight excluding hydrogens is 260 g/mol. The standard InChI is InChI=1S/C13H22N4O3/c1-15(9-12(18)10-17-4-2-3-14-17)11-13(19)16-5-7-20-8-6-16/h2-4,12,18H,5-11H2,1H3. The van der Waals surface area contributed by atoms with Crippen molar-refractivity contribution in [3.63, 3.8) is 0 Å². The van der Waals surface area contributed by atoms with Crippen LogP contribution in [0, 0.1) is 0 Å². The lowest BCUT2D eigenvalue weighted by molar-refractivity contribution is -0.136. The van der Waals surface area contributed by atoms with Crippen molar-refractivity contribution in [2.75, 3.05) is 46.4 Å². The van der Waals surface area contributed by atoms with E-state index in [4.69, 9.17) is 4.74 Å². The maximum atomic E-state index is 12.0. The minimum Gasteiger partial charge on any atom is -0.390 e. The van der Waals surface area contributed by atoms with Crippen molar-refractivity contribution in [3.8, 4) is 0 Å². The average Bonchev–Trinajstić information content (AvgIpc) is 2.92. The molecule has 0 aromatic carbocycles. The van der Waals surface area contributed by atoms with Crippen molar-refractivity contribution in [1.29, 1.82) is 0 Å². The third-order valence-electron chi connectivity index (χ3n) is 3.25. The summed E-state index contributed by atoms with van der Waals surface area (Å²) in [5, 5.41) is 14.0. The van der Waals surface area contributed by atoms with Gasteiger partial charge >= 0.3 is 0 Å². The van der Waals surface area contributed by atoms with Gasteiger partial charge in [-0.15, -0.1) is 0 Å². The Labute approximate surface area is 118 Å². The van der Waals surface area contributed by atoms with Crippen LogP contribution in [0.4, 0.5) is 0 Å². The zero-order chi connectivity index (χ0) is 14.4. The molecule has 2 rings (SSSR count). The van der Waals surface area contributed by atoms with E-state index >= 15 is 0 Å². The summed E-state index contributed by atoms with van der Waals surface area (Å²) < 4.78 is 6.90. The Balaban J connectivity index is 1.71. The Morgan fingerprint density at radius 1 is 1.50 bits per heavy atom. The highest BCUT2D eigenvalue weighted by molar-refractivity contribution is 5.78. The molecule has 7 heteroatoms. The van der Waals surface area contributed by atoms with Gasteiger partial charge in [0.2, 0.25) is 5.91 Å². The molecule has 1 saturated heterocycles. The smallest absolute Gasteiger partial charge is 0.236 e. The normalized spacial score (nSPS) is 17.4. The highest BCUT2D eigenvalue weighted by atomic mass is 16.5. The van der Waals surface area contributed by atoms with Crippen LogP contribution in [0.3, 0.4) is 0 Å². The van der Waals surface area contributed by atoms with E-state index in [0.29, 0.717) is 45.9 Å². The Hall–Kier alpha value is -1.44. The van der Waals surface area contributed by atoms with Crippen LogP contribution in [0.5, 0.6) is 0 Å². The minimum atomic E-state index is -0.544. The molecule has 1 aliphatic heterocycles. The fourth-order valence-corrected chi connectivity index (χ4v) is 2.25. The van der Waals surface area contributed by atoms with Crippen molar-refractivity contribution < 1.29 is 14.6 Å². The van der Waals surface area contributed by atoms with Gasteiger partial charge in [-0.3, -0.25) is 14.4 Å². The van der Waals surface area contributed by atoms with E-state index in [1.165, 1.54) is 0 Å². The summed E-state index contributed by atoms with van der Waals surface area (Å²) in [5.41, 5.74) is 0. The number of aliphatic hydroxyl groups excluding tert-OH is 1. The van der Waals surface area contributed by atoms with Gasteiger partial charge in [-0.1, -0.05) is 0 Å². The predicted octanol–water partition coefficient (Wildman–Crippen LogP) is -0.965. The van der Waals surface area contributed by atoms with Crippen molar-refractivity contribution >= 4 is 5.91 Å². The first-order chi connectivity index (χ1) is 9.65. The van der Waals surface area contributed by atoms with Crippen LogP contribution < -0.4 is 0 Å². The Morgan fingerprint density at radius 2 is 2.25 bits per heavy atom. The summed E-state index contributed by atoms with van der Waals surface area (Å²) in [4.78, 5) is 15.7. The van der Waals surface area contributed by atoms with Gasteiger partial charge in [0, 0.05) is 32.0 Å². The highest BCUT2D eigenvalue weighted by Crippen LogP contribution is 2.00. The molecule has 112 valence electrons. The number of aromatic nitrogens is 2. The second-order valence-electron chi connectivity index (χ2n) is 5.07. The van der Waals surface area contributed by atoms with Gasteiger partial charge in [0.05, 0.1) is 32.4 Å². The third-order valence-corrected chi connectivity index (χ3v) is 3.25. The summed E-state index contributed by atoms with van der Waals surface area (Å²) in [6, 6.07) is 1.82. The molecule has 20 heavy (non-hydrogen) atoms. The molecule has 1 aromatic heterocycles. The summed E-state index contributed by atoms with van der Waals surface area (Å²) in [5.74, 6) is 0.0853. The zero-order valence-corrected chi connectivity index (χ0v) is 11.8. The molecule has 7 nitrogen and oxygen atoms in total. The number of hydrogen-bond donors (Lipinski definition) is 1. The van der Waals surface area contributed by atoms with Crippen LogP contribution in [0.15, 0.2) is 18.5 Å². The number of carbonyl (C=O) groups excluding carboxylic acids is 1. The fraction of sp³-hybridized carbons (Fsp3) is 0.692. The number of ether oxygens (including phenoxy) is 1. The fourth-order valence-electron chi connectivity index (χ4n) is 2.25. The summed E-state index contributed by atoms with van der Waals surface area (Å²) in [7, 11) is 1.84. The third kappa shape index (κ3) is 4.59. The number of aliphatic hydroxyl groups is 1. The van der Waals surface area contributed by atoms with E-state index < -0.39 is 6.10 Å². The first-order valence-corrected chi connectivity index (χ1v) is 6.84. The van der Waals surface area contributed by atoms with Gasteiger partial charge in [-0.05, 0) is 13.1 Å². The molecule has 1 amide bonds.